The van der Waals surface area contributed by atoms with E-state index < -0.39 is 0 Å². The predicted molar refractivity (Wildman–Crippen MR) is 55.5 cm³/mol. The molecule has 0 amide bonds. The van der Waals surface area contributed by atoms with Gasteiger partial charge in [-0.15, -0.1) is 0 Å². The summed E-state index contributed by atoms with van der Waals surface area (Å²) < 4.78 is 0.723. The number of hydrogen-bond acceptors (Lipinski definition) is 2. The highest BCUT2D eigenvalue weighted by Gasteiger charge is 2.31. The summed E-state index contributed by atoms with van der Waals surface area (Å²) in [5, 5.41) is 9.72. The molecular formula is C10H12BrNO. The first-order valence-corrected chi connectivity index (χ1v) is 5.22. The molecule has 3 heteroatoms. The van der Waals surface area contributed by atoms with E-state index in [1.165, 1.54) is 12.8 Å². The number of nitrogens with two attached hydrogens (primary N) is 1. The molecule has 70 valence electrons. The van der Waals surface area contributed by atoms with Crippen LogP contribution < -0.4 is 5.73 Å². The predicted octanol–water partition coefficient (Wildman–Crippen LogP) is 2.56. The first-order valence-electron chi connectivity index (χ1n) is 4.43. The van der Waals surface area contributed by atoms with Crippen molar-refractivity contribution in [3.63, 3.8) is 0 Å². The van der Waals surface area contributed by atoms with Crippen molar-refractivity contribution in [1.29, 1.82) is 0 Å². The Morgan fingerprint density at radius 3 is 2.77 bits per heavy atom. The van der Waals surface area contributed by atoms with Gasteiger partial charge in [0.1, 0.15) is 5.75 Å². The lowest BCUT2D eigenvalue weighted by molar-refractivity contribution is 0.453. The van der Waals surface area contributed by atoms with Gasteiger partial charge in [-0.25, -0.2) is 0 Å². The second-order valence-electron chi connectivity index (χ2n) is 3.54. The van der Waals surface area contributed by atoms with Crippen LogP contribution in [0.5, 0.6) is 5.75 Å². The van der Waals surface area contributed by atoms with Gasteiger partial charge in [-0.1, -0.05) is 12.1 Å². The smallest absolute Gasteiger partial charge is 0.134 e. The highest BCUT2D eigenvalue weighted by atomic mass is 79.9. The molecule has 1 atom stereocenters. The second-order valence-corrected chi connectivity index (χ2v) is 4.40. The number of para-hydroxylation sites is 1. The number of phenolic OH excluding ortho intramolecular Hbond substituents is 1. The third-order valence-electron chi connectivity index (χ3n) is 2.51. The quantitative estimate of drug-likeness (QED) is 0.837. The van der Waals surface area contributed by atoms with Crippen LogP contribution in [0.15, 0.2) is 22.7 Å². The third-order valence-corrected chi connectivity index (χ3v) is 3.15. The molecule has 1 fully saturated rings. The third kappa shape index (κ3) is 1.71. The van der Waals surface area contributed by atoms with Crippen molar-refractivity contribution >= 4 is 15.9 Å². The molecule has 2 rings (SSSR count). The molecule has 1 aromatic rings. The molecule has 0 radical (unpaired) electrons. The van der Waals surface area contributed by atoms with Crippen molar-refractivity contribution in [3.8, 4) is 5.75 Å². The van der Waals surface area contributed by atoms with Crippen LogP contribution in [0.1, 0.15) is 24.4 Å². The van der Waals surface area contributed by atoms with Crippen molar-refractivity contribution < 1.29 is 5.11 Å². The fraction of sp³-hybridized carbons (Fsp3) is 0.400. The summed E-state index contributed by atoms with van der Waals surface area (Å²) in [4.78, 5) is 0. The number of hydrogen-bond donors (Lipinski definition) is 2. The van der Waals surface area contributed by atoms with Gasteiger partial charge >= 0.3 is 0 Å². The van der Waals surface area contributed by atoms with E-state index in [-0.39, 0.29) is 6.04 Å². The van der Waals surface area contributed by atoms with Crippen molar-refractivity contribution in [2.75, 3.05) is 0 Å². The van der Waals surface area contributed by atoms with Gasteiger partial charge in [0.2, 0.25) is 0 Å². The number of rotatable bonds is 2. The van der Waals surface area contributed by atoms with E-state index >= 15 is 0 Å². The molecule has 13 heavy (non-hydrogen) atoms. The monoisotopic (exact) mass is 241 g/mol. The molecule has 0 spiro atoms. The van der Waals surface area contributed by atoms with E-state index in [2.05, 4.69) is 15.9 Å². The van der Waals surface area contributed by atoms with Crippen molar-refractivity contribution in [1.82, 2.24) is 0 Å². The maximum absolute atomic E-state index is 9.72. The fourth-order valence-corrected chi connectivity index (χ4v) is 1.89. The number of halogens is 1. The first-order chi connectivity index (χ1) is 6.20. The molecule has 1 aliphatic carbocycles. The summed E-state index contributed by atoms with van der Waals surface area (Å²) >= 11 is 3.28. The Hall–Kier alpha value is -0.540. The summed E-state index contributed by atoms with van der Waals surface area (Å²) in [6.45, 7) is 0. The maximum atomic E-state index is 9.72. The summed E-state index contributed by atoms with van der Waals surface area (Å²) in [5.41, 5.74) is 6.85. The Kier molecular flexibility index (Phi) is 2.30. The van der Waals surface area contributed by atoms with Gasteiger partial charge in [0.15, 0.2) is 0 Å². The molecule has 1 aliphatic rings. The molecule has 0 aromatic heterocycles. The first kappa shape index (κ1) is 9.03. The molecule has 1 saturated carbocycles. The van der Waals surface area contributed by atoms with Gasteiger partial charge in [-0.05, 0) is 40.8 Å². The zero-order chi connectivity index (χ0) is 9.42. The normalized spacial score (nSPS) is 18.6. The minimum atomic E-state index is -0.00231. The van der Waals surface area contributed by atoms with Gasteiger partial charge in [0.25, 0.3) is 0 Å². The molecule has 0 bridgehead atoms. The molecule has 0 heterocycles. The Morgan fingerprint density at radius 2 is 2.15 bits per heavy atom. The molecule has 1 aromatic carbocycles. The topological polar surface area (TPSA) is 46.2 Å². The molecular weight excluding hydrogens is 230 g/mol. The Balaban J connectivity index is 2.32. The SMILES string of the molecule is N[C@H](c1cccc(Br)c1O)C1CC1. The van der Waals surface area contributed by atoms with E-state index in [1.807, 2.05) is 18.2 Å². The lowest BCUT2D eigenvalue weighted by Crippen LogP contribution is -2.12. The van der Waals surface area contributed by atoms with Crippen LogP contribution in [0.4, 0.5) is 0 Å². The van der Waals surface area contributed by atoms with E-state index in [4.69, 9.17) is 5.73 Å². The number of phenols is 1. The average Bonchev–Trinajstić information content (AvgIpc) is 2.91. The average molecular weight is 242 g/mol. The Labute approximate surface area is 85.9 Å². The van der Waals surface area contributed by atoms with Gasteiger partial charge in [0.05, 0.1) is 4.47 Å². The highest BCUT2D eigenvalue weighted by molar-refractivity contribution is 9.10. The van der Waals surface area contributed by atoms with E-state index in [9.17, 15) is 5.11 Å². The standard InChI is InChI=1S/C10H12BrNO/c11-8-3-1-2-7(10(8)13)9(12)6-4-5-6/h1-3,6,9,13H,4-5,12H2/t9-/m0/s1. The van der Waals surface area contributed by atoms with Crippen LogP contribution in [-0.2, 0) is 0 Å². The van der Waals surface area contributed by atoms with Crippen molar-refractivity contribution in [2.45, 2.75) is 18.9 Å². The molecule has 2 nitrogen and oxygen atoms in total. The van der Waals surface area contributed by atoms with Gasteiger partial charge in [0, 0.05) is 11.6 Å². The van der Waals surface area contributed by atoms with E-state index in [0.717, 1.165) is 10.0 Å². The molecule has 0 saturated heterocycles. The number of aromatic hydroxyl groups is 1. The zero-order valence-electron chi connectivity index (χ0n) is 7.20. The summed E-state index contributed by atoms with van der Waals surface area (Å²) in [5.74, 6) is 0.863. The largest absolute Gasteiger partial charge is 0.506 e. The number of benzene rings is 1. The minimum absolute atomic E-state index is 0.00231. The van der Waals surface area contributed by atoms with Gasteiger partial charge in [-0.3, -0.25) is 0 Å². The van der Waals surface area contributed by atoms with E-state index in [1.54, 1.807) is 0 Å². The van der Waals surface area contributed by atoms with Crippen LogP contribution >= 0.6 is 15.9 Å². The second kappa shape index (κ2) is 3.31. The van der Waals surface area contributed by atoms with Crippen molar-refractivity contribution in [3.05, 3.63) is 28.2 Å². The van der Waals surface area contributed by atoms with Crippen LogP contribution in [0.3, 0.4) is 0 Å². The van der Waals surface area contributed by atoms with Crippen LogP contribution in [0.25, 0.3) is 0 Å². The minimum Gasteiger partial charge on any atom is -0.506 e. The summed E-state index contributed by atoms with van der Waals surface area (Å²) in [7, 11) is 0. The summed E-state index contributed by atoms with van der Waals surface area (Å²) in [6.07, 6.45) is 2.38. The Bertz CT molecular complexity index is 323. The van der Waals surface area contributed by atoms with Crippen LogP contribution in [0.2, 0.25) is 0 Å². The lowest BCUT2D eigenvalue weighted by Gasteiger charge is -2.13. The van der Waals surface area contributed by atoms with Crippen molar-refractivity contribution in [2.24, 2.45) is 11.7 Å². The fourth-order valence-electron chi connectivity index (χ4n) is 1.51. The van der Waals surface area contributed by atoms with Crippen LogP contribution in [0, 0.1) is 5.92 Å². The summed E-state index contributed by atoms with van der Waals surface area (Å²) in [6, 6.07) is 5.61. The molecule has 3 N–H and O–H groups in total. The lowest BCUT2D eigenvalue weighted by atomic mass is 10.0. The van der Waals surface area contributed by atoms with E-state index in [0.29, 0.717) is 11.7 Å². The van der Waals surface area contributed by atoms with Gasteiger partial charge in [-0.2, -0.15) is 0 Å². The highest BCUT2D eigenvalue weighted by Crippen LogP contribution is 2.43. The molecule has 0 unspecified atom stereocenters. The van der Waals surface area contributed by atoms with Crippen LogP contribution in [-0.4, -0.2) is 5.11 Å². The zero-order valence-corrected chi connectivity index (χ0v) is 8.79. The maximum Gasteiger partial charge on any atom is 0.134 e. The van der Waals surface area contributed by atoms with Gasteiger partial charge < -0.3 is 10.8 Å². The molecule has 0 aliphatic heterocycles. The Morgan fingerprint density at radius 1 is 1.46 bits per heavy atom.